The van der Waals surface area contributed by atoms with Gasteiger partial charge in [0.05, 0.1) is 32.6 Å². The Bertz CT molecular complexity index is 787. The fraction of sp³-hybridized carbons (Fsp3) is 0.667. The Morgan fingerprint density at radius 1 is 0.844 bits per heavy atom. The highest BCUT2D eigenvalue weighted by Crippen LogP contribution is 2.51. The summed E-state index contributed by atoms with van der Waals surface area (Å²) in [5.74, 6) is 1.18. The van der Waals surface area contributed by atoms with E-state index in [2.05, 4.69) is 26.0 Å². The molecule has 7 nitrogen and oxygen atoms in total. The van der Waals surface area contributed by atoms with Crippen molar-refractivity contribution in [3.63, 3.8) is 0 Å². The number of benzene rings is 1. The zero-order chi connectivity index (χ0) is 23.6. The van der Waals surface area contributed by atoms with E-state index in [1.165, 1.54) is 0 Å². The second-order valence-electron chi connectivity index (χ2n) is 8.01. The van der Waals surface area contributed by atoms with Crippen LogP contribution in [0, 0.1) is 11.8 Å². The number of ether oxygens (including phenoxy) is 2. The van der Waals surface area contributed by atoms with Crippen molar-refractivity contribution in [2.75, 3.05) is 32.6 Å². The average Bonchev–Trinajstić information content (AvgIpc) is 2.75. The van der Waals surface area contributed by atoms with Gasteiger partial charge in [-0.3, -0.25) is 4.57 Å². The van der Waals surface area contributed by atoms with Gasteiger partial charge < -0.3 is 18.5 Å². The monoisotopic (exact) mass is 466 g/mol. The molecule has 2 rings (SSSR count). The van der Waals surface area contributed by atoms with Crippen LogP contribution in [0.15, 0.2) is 40.3 Å². The molecule has 3 atom stereocenters. The Balaban J connectivity index is 2.49. The fourth-order valence-electron chi connectivity index (χ4n) is 3.84. The minimum atomic E-state index is -3.31. The maximum atomic E-state index is 13.5. The van der Waals surface area contributed by atoms with E-state index in [0.717, 1.165) is 5.56 Å². The summed E-state index contributed by atoms with van der Waals surface area (Å²) in [7, 11) is -3.31. The Labute approximate surface area is 193 Å². The standard InChI is InChI=1S/C24H39N2O5P/c1-7-28-23-21(18(5)6)25-24(29-8-2)22(26-23)20(16-19-14-12-11-13-15-19)17-32(27,30-9-3)31-10-4/h11-15,18,20-22H,7-10,16-17H2,1-6H3/t20-,21+,22-/m1/s1. The Kier molecular flexibility index (Phi) is 10.9. The van der Waals surface area contributed by atoms with E-state index in [1.54, 1.807) is 0 Å². The molecule has 0 N–H and O–H groups in total. The second kappa shape index (κ2) is 13.1. The van der Waals surface area contributed by atoms with Crippen molar-refractivity contribution in [3.05, 3.63) is 35.9 Å². The molecule has 1 aliphatic rings. The highest BCUT2D eigenvalue weighted by atomic mass is 31.2. The summed E-state index contributed by atoms with van der Waals surface area (Å²) in [5.41, 5.74) is 1.12. The van der Waals surface area contributed by atoms with Gasteiger partial charge >= 0.3 is 7.60 Å². The highest BCUT2D eigenvalue weighted by Gasteiger charge is 2.40. The minimum Gasteiger partial charge on any atom is -0.480 e. The van der Waals surface area contributed by atoms with Crippen LogP contribution in [0.1, 0.15) is 47.1 Å². The summed E-state index contributed by atoms with van der Waals surface area (Å²) in [6, 6.07) is 9.47. The van der Waals surface area contributed by atoms with E-state index in [-0.39, 0.29) is 24.0 Å². The van der Waals surface area contributed by atoms with Gasteiger partial charge in [-0.05, 0) is 45.6 Å². The van der Waals surface area contributed by atoms with E-state index in [4.69, 9.17) is 28.5 Å². The van der Waals surface area contributed by atoms with Crippen LogP contribution in [0.5, 0.6) is 0 Å². The van der Waals surface area contributed by atoms with Crippen molar-refractivity contribution in [3.8, 4) is 0 Å². The molecule has 0 bridgehead atoms. The first-order valence-electron chi connectivity index (χ1n) is 11.7. The van der Waals surface area contributed by atoms with Gasteiger partial charge in [0.15, 0.2) is 0 Å². The van der Waals surface area contributed by atoms with E-state index >= 15 is 0 Å². The largest absolute Gasteiger partial charge is 0.480 e. The molecule has 180 valence electrons. The van der Waals surface area contributed by atoms with Crippen LogP contribution in [0.2, 0.25) is 0 Å². The van der Waals surface area contributed by atoms with Crippen molar-refractivity contribution in [1.29, 1.82) is 0 Å². The van der Waals surface area contributed by atoms with Crippen molar-refractivity contribution in [2.24, 2.45) is 21.8 Å². The van der Waals surface area contributed by atoms with Crippen LogP contribution in [-0.4, -0.2) is 56.5 Å². The Morgan fingerprint density at radius 2 is 1.38 bits per heavy atom. The van der Waals surface area contributed by atoms with E-state index in [0.29, 0.717) is 44.6 Å². The van der Waals surface area contributed by atoms with E-state index in [9.17, 15) is 4.57 Å². The van der Waals surface area contributed by atoms with Gasteiger partial charge in [-0.1, -0.05) is 44.2 Å². The molecule has 0 saturated carbocycles. The number of hydrogen-bond acceptors (Lipinski definition) is 7. The van der Waals surface area contributed by atoms with Gasteiger partial charge in [0.2, 0.25) is 11.8 Å². The van der Waals surface area contributed by atoms with Gasteiger partial charge in [-0.25, -0.2) is 9.98 Å². The molecule has 1 heterocycles. The molecule has 0 unspecified atom stereocenters. The molecule has 0 aliphatic carbocycles. The first-order chi connectivity index (χ1) is 15.4. The molecule has 0 saturated heterocycles. The summed E-state index contributed by atoms with van der Waals surface area (Å²) in [6.45, 7) is 13.3. The molecular weight excluding hydrogens is 427 g/mol. The molecule has 0 spiro atoms. The summed E-state index contributed by atoms with van der Waals surface area (Å²) in [5, 5.41) is 0. The Morgan fingerprint density at radius 3 is 1.88 bits per heavy atom. The van der Waals surface area contributed by atoms with Gasteiger partial charge in [0.1, 0.15) is 12.1 Å². The maximum absolute atomic E-state index is 13.5. The zero-order valence-electron chi connectivity index (χ0n) is 20.3. The van der Waals surface area contributed by atoms with Crippen LogP contribution in [0.4, 0.5) is 0 Å². The van der Waals surface area contributed by atoms with Crippen LogP contribution < -0.4 is 0 Å². The lowest BCUT2D eigenvalue weighted by atomic mass is 9.92. The fourth-order valence-corrected chi connectivity index (χ4v) is 5.81. The predicted molar refractivity (Wildman–Crippen MR) is 130 cm³/mol. The summed E-state index contributed by atoms with van der Waals surface area (Å²) in [6.07, 6.45) is 0.854. The lowest BCUT2D eigenvalue weighted by Gasteiger charge is -2.33. The molecule has 1 aliphatic heterocycles. The maximum Gasteiger partial charge on any atom is 0.331 e. The number of nitrogens with zero attached hydrogens (tertiary/aromatic N) is 2. The summed E-state index contributed by atoms with van der Waals surface area (Å²) >= 11 is 0. The van der Waals surface area contributed by atoms with Crippen LogP contribution in [0.25, 0.3) is 0 Å². The minimum absolute atomic E-state index is 0.198. The molecule has 0 radical (unpaired) electrons. The van der Waals surface area contributed by atoms with Gasteiger partial charge in [-0.15, -0.1) is 0 Å². The highest BCUT2D eigenvalue weighted by molar-refractivity contribution is 7.53. The predicted octanol–water partition coefficient (Wildman–Crippen LogP) is 5.39. The molecule has 32 heavy (non-hydrogen) atoms. The quantitative estimate of drug-likeness (QED) is 0.386. The van der Waals surface area contributed by atoms with Crippen molar-refractivity contribution >= 4 is 19.4 Å². The Hall–Kier alpha value is -1.69. The van der Waals surface area contributed by atoms with Crippen molar-refractivity contribution < 1.29 is 23.1 Å². The van der Waals surface area contributed by atoms with E-state index < -0.39 is 13.6 Å². The smallest absolute Gasteiger partial charge is 0.331 e. The third-order valence-corrected chi connectivity index (χ3v) is 7.37. The second-order valence-corrected chi connectivity index (χ2v) is 10.1. The van der Waals surface area contributed by atoms with Crippen LogP contribution in [0.3, 0.4) is 0 Å². The van der Waals surface area contributed by atoms with Crippen molar-refractivity contribution in [2.45, 2.75) is 60.0 Å². The van der Waals surface area contributed by atoms with Crippen LogP contribution in [-0.2, 0) is 29.5 Å². The molecule has 1 aromatic rings. The van der Waals surface area contributed by atoms with E-state index in [1.807, 2.05) is 45.9 Å². The third-order valence-electron chi connectivity index (χ3n) is 5.15. The topological polar surface area (TPSA) is 78.7 Å². The molecule has 0 aromatic heterocycles. The van der Waals surface area contributed by atoms with Gasteiger partial charge in [0, 0.05) is 5.92 Å². The molecule has 0 amide bonds. The lowest BCUT2D eigenvalue weighted by Crippen LogP contribution is -2.43. The first kappa shape index (κ1) is 26.6. The van der Waals surface area contributed by atoms with Gasteiger partial charge in [-0.2, -0.15) is 0 Å². The summed E-state index contributed by atoms with van der Waals surface area (Å²) in [4.78, 5) is 9.89. The van der Waals surface area contributed by atoms with Gasteiger partial charge in [0.25, 0.3) is 0 Å². The molecular formula is C24H39N2O5P. The van der Waals surface area contributed by atoms with Crippen molar-refractivity contribution in [1.82, 2.24) is 0 Å². The third kappa shape index (κ3) is 7.43. The lowest BCUT2D eigenvalue weighted by molar-refractivity contribution is 0.212. The van der Waals surface area contributed by atoms with Crippen LogP contribution >= 0.6 is 7.60 Å². The number of rotatable bonds is 12. The summed E-state index contributed by atoms with van der Waals surface area (Å²) < 4.78 is 36.6. The molecule has 0 fully saturated rings. The molecule has 1 aromatic carbocycles. The zero-order valence-corrected chi connectivity index (χ0v) is 21.2. The number of aliphatic imine (C=N–C) groups is 2. The first-order valence-corrected chi connectivity index (χ1v) is 13.4. The average molecular weight is 467 g/mol. The normalized spacial score (nSPS) is 20.0. The SMILES string of the molecule is CCOC1=N[C@H]([C@H](Cc2ccccc2)CP(=O)(OCC)OCC)C(OCC)=N[C@H]1C(C)C. The molecule has 8 heteroatoms. The number of hydrogen-bond donors (Lipinski definition) is 0.